The Balaban J connectivity index is 0.000000249. The first-order chi connectivity index (χ1) is 31.9. The molecule has 0 unspecified atom stereocenters. The summed E-state index contributed by atoms with van der Waals surface area (Å²) in [4.78, 5) is 12.4. The van der Waals surface area contributed by atoms with Crippen LogP contribution < -0.4 is 14.2 Å². The number of carbonyl (C=O) groups is 1. The maximum atomic E-state index is 14.8. The number of aryl methyl sites for hydroxylation is 2. The Hall–Kier alpha value is -6.03. The molecule has 6 rings (SSSR count). The minimum absolute atomic E-state index is 0.0501. The molecule has 6 aromatic rings. The summed E-state index contributed by atoms with van der Waals surface area (Å²) in [6.45, 7) is 8.66. The second-order valence-corrected chi connectivity index (χ2v) is 16.4. The lowest BCUT2D eigenvalue weighted by molar-refractivity contribution is 0.0726. The monoisotopic (exact) mass is 910 g/mol. The fourth-order valence-electron chi connectivity index (χ4n) is 7.24. The standard InChI is InChI=1S/C31H37F3O.C25H23F3O3/c1-3-5-7-8-9-11-21-35-29-20-19-27(30(33)31(29)34)24-15-13-23(14-16-24)26-18-17-25(28(32)22-26)12-10-6-4-2;1-3-4-5-14-30-21-12-13-22(24(28)23(21)27)31-25(29)18-10-8-17(9-11-18)19-7-6-16(2)20(26)15-19/h13-20,22H,3-12,21H2,1-2H3;6-13,15H,3-5,14H2,1-2H3. The minimum Gasteiger partial charge on any atom is -0.490 e. The first-order valence-corrected chi connectivity index (χ1v) is 23.1. The lowest BCUT2D eigenvalue weighted by Gasteiger charge is -2.11. The van der Waals surface area contributed by atoms with Gasteiger partial charge in [-0.1, -0.05) is 139 Å². The van der Waals surface area contributed by atoms with E-state index >= 15 is 0 Å². The Kier molecular flexibility index (Phi) is 20.2. The highest BCUT2D eigenvalue weighted by molar-refractivity contribution is 5.91. The second-order valence-electron chi connectivity index (χ2n) is 16.4. The molecule has 4 nitrogen and oxygen atoms in total. The van der Waals surface area contributed by atoms with Gasteiger partial charge in [0.05, 0.1) is 18.8 Å². The fourth-order valence-corrected chi connectivity index (χ4v) is 7.24. The van der Waals surface area contributed by atoms with Crippen LogP contribution in [0.1, 0.15) is 119 Å². The average molecular weight is 911 g/mol. The first-order valence-electron chi connectivity index (χ1n) is 23.1. The van der Waals surface area contributed by atoms with E-state index in [4.69, 9.17) is 14.2 Å². The highest BCUT2D eigenvalue weighted by atomic mass is 19.2. The van der Waals surface area contributed by atoms with Crippen molar-refractivity contribution in [3.8, 4) is 50.6 Å². The number of rotatable bonds is 22. The molecular weight excluding hydrogens is 851 g/mol. The molecule has 0 heterocycles. The van der Waals surface area contributed by atoms with Gasteiger partial charge < -0.3 is 14.2 Å². The van der Waals surface area contributed by atoms with Crippen LogP contribution in [-0.4, -0.2) is 19.2 Å². The van der Waals surface area contributed by atoms with Crippen LogP contribution in [0.15, 0.2) is 109 Å². The highest BCUT2D eigenvalue weighted by Crippen LogP contribution is 2.33. The maximum absolute atomic E-state index is 14.8. The lowest BCUT2D eigenvalue weighted by Crippen LogP contribution is -2.10. The zero-order valence-corrected chi connectivity index (χ0v) is 38.4. The SMILES string of the molecule is CCCCCCCCOc1ccc(-c2ccc(-c3ccc(CCCCC)c(F)c3)cc2)c(F)c1F.CCCCCOc1ccc(OC(=O)c2ccc(-c3ccc(C)c(F)c3)cc2)c(F)c1F. The van der Waals surface area contributed by atoms with Crippen molar-refractivity contribution in [3.63, 3.8) is 0 Å². The molecule has 350 valence electrons. The predicted octanol–water partition coefficient (Wildman–Crippen LogP) is 16.8. The number of unbranched alkanes of at least 4 members (excludes halogenated alkanes) is 9. The van der Waals surface area contributed by atoms with Crippen LogP contribution in [0, 0.1) is 41.8 Å². The van der Waals surface area contributed by atoms with Crippen molar-refractivity contribution in [3.05, 3.63) is 161 Å². The van der Waals surface area contributed by atoms with Gasteiger partial charge in [0.1, 0.15) is 11.6 Å². The van der Waals surface area contributed by atoms with Gasteiger partial charge in [-0.25, -0.2) is 18.0 Å². The molecule has 0 N–H and O–H groups in total. The lowest BCUT2D eigenvalue weighted by atomic mass is 9.98. The van der Waals surface area contributed by atoms with E-state index in [9.17, 15) is 31.1 Å². The van der Waals surface area contributed by atoms with E-state index in [-0.39, 0.29) is 40.9 Å². The van der Waals surface area contributed by atoms with Crippen molar-refractivity contribution >= 4 is 5.97 Å². The van der Waals surface area contributed by atoms with E-state index in [0.29, 0.717) is 28.9 Å². The summed E-state index contributed by atoms with van der Waals surface area (Å²) in [6.07, 6.45) is 13.2. The van der Waals surface area contributed by atoms with Crippen LogP contribution in [0.5, 0.6) is 17.2 Å². The summed E-state index contributed by atoms with van der Waals surface area (Å²) in [6, 6.07) is 28.9. The van der Waals surface area contributed by atoms with Gasteiger partial charge in [-0.3, -0.25) is 0 Å². The van der Waals surface area contributed by atoms with Crippen molar-refractivity contribution in [1.29, 1.82) is 0 Å². The van der Waals surface area contributed by atoms with Gasteiger partial charge in [-0.2, -0.15) is 13.2 Å². The molecule has 0 atom stereocenters. The first kappa shape index (κ1) is 51.0. The summed E-state index contributed by atoms with van der Waals surface area (Å²) >= 11 is 0. The Morgan fingerprint density at radius 2 is 0.894 bits per heavy atom. The van der Waals surface area contributed by atoms with Gasteiger partial charge in [0, 0.05) is 5.56 Å². The summed E-state index contributed by atoms with van der Waals surface area (Å²) in [7, 11) is 0. The molecule has 66 heavy (non-hydrogen) atoms. The Morgan fingerprint density at radius 1 is 0.439 bits per heavy atom. The number of ether oxygens (including phenoxy) is 3. The summed E-state index contributed by atoms with van der Waals surface area (Å²) in [5.41, 5.74) is 5.11. The highest BCUT2D eigenvalue weighted by Gasteiger charge is 2.20. The number of hydrogen-bond donors (Lipinski definition) is 0. The molecule has 0 aliphatic carbocycles. The number of carbonyl (C=O) groups excluding carboxylic acids is 1. The van der Waals surface area contributed by atoms with E-state index in [1.807, 2.05) is 19.1 Å². The Labute approximate surface area is 386 Å². The molecule has 10 heteroatoms. The smallest absolute Gasteiger partial charge is 0.343 e. The molecule has 0 radical (unpaired) electrons. The van der Waals surface area contributed by atoms with E-state index in [0.717, 1.165) is 87.0 Å². The van der Waals surface area contributed by atoms with Crippen molar-refractivity contribution in [2.75, 3.05) is 13.2 Å². The number of hydrogen-bond acceptors (Lipinski definition) is 4. The predicted molar refractivity (Wildman–Crippen MR) is 252 cm³/mol. The van der Waals surface area contributed by atoms with Crippen LogP contribution in [-0.2, 0) is 6.42 Å². The third-order valence-electron chi connectivity index (χ3n) is 11.3. The van der Waals surface area contributed by atoms with Crippen molar-refractivity contribution in [2.24, 2.45) is 0 Å². The molecule has 0 bridgehead atoms. The molecule has 0 amide bonds. The third-order valence-corrected chi connectivity index (χ3v) is 11.3. The summed E-state index contributed by atoms with van der Waals surface area (Å²) < 4.78 is 102. The normalized spacial score (nSPS) is 10.9. The Bertz CT molecular complexity index is 2470. The van der Waals surface area contributed by atoms with Crippen molar-refractivity contribution in [2.45, 2.75) is 111 Å². The van der Waals surface area contributed by atoms with Gasteiger partial charge in [0.2, 0.25) is 17.5 Å². The van der Waals surface area contributed by atoms with Crippen molar-refractivity contribution in [1.82, 2.24) is 0 Å². The molecule has 6 aromatic carbocycles. The molecule has 0 aliphatic heterocycles. The van der Waals surface area contributed by atoms with Crippen LogP contribution in [0.2, 0.25) is 0 Å². The number of esters is 1. The van der Waals surface area contributed by atoms with E-state index in [1.54, 1.807) is 67.6 Å². The molecule has 0 saturated carbocycles. The van der Waals surface area contributed by atoms with Crippen molar-refractivity contribution < 1.29 is 45.3 Å². The van der Waals surface area contributed by atoms with E-state index < -0.39 is 35.0 Å². The fraction of sp³-hybridized carbons (Fsp3) is 0.339. The van der Waals surface area contributed by atoms with Crippen LogP contribution in [0.25, 0.3) is 33.4 Å². The van der Waals surface area contributed by atoms with Crippen LogP contribution in [0.3, 0.4) is 0 Å². The summed E-state index contributed by atoms with van der Waals surface area (Å²) in [5.74, 6) is -6.51. The van der Waals surface area contributed by atoms with Gasteiger partial charge in [-0.05, 0) is 120 Å². The van der Waals surface area contributed by atoms with Crippen LogP contribution in [0.4, 0.5) is 26.3 Å². The molecule has 0 fully saturated rings. The topological polar surface area (TPSA) is 44.8 Å². The van der Waals surface area contributed by atoms with Gasteiger partial charge in [0.25, 0.3) is 0 Å². The average Bonchev–Trinajstić information content (AvgIpc) is 3.32. The Morgan fingerprint density at radius 3 is 1.52 bits per heavy atom. The van der Waals surface area contributed by atoms with Gasteiger partial charge in [-0.15, -0.1) is 0 Å². The summed E-state index contributed by atoms with van der Waals surface area (Å²) in [5, 5.41) is 0. The zero-order valence-electron chi connectivity index (χ0n) is 38.4. The quantitative estimate of drug-likeness (QED) is 0.0295. The third kappa shape index (κ3) is 14.5. The number of halogens is 6. The molecule has 0 aromatic heterocycles. The van der Waals surface area contributed by atoms with E-state index in [2.05, 4.69) is 13.8 Å². The molecule has 0 aliphatic rings. The minimum atomic E-state index is -1.28. The maximum Gasteiger partial charge on any atom is 0.343 e. The zero-order chi connectivity index (χ0) is 47.4. The molecular formula is C56H60F6O4. The van der Waals surface area contributed by atoms with Gasteiger partial charge >= 0.3 is 5.97 Å². The largest absolute Gasteiger partial charge is 0.490 e. The van der Waals surface area contributed by atoms with Gasteiger partial charge in [0.15, 0.2) is 23.1 Å². The molecule has 0 saturated heterocycles. The van der Waals surface area contributed by atoms with E-state index in [1.165, 1.54) is 49.6 Å². The second kappa shape index (κ2) is 26.2. The van der Waals surface area contributed by atoms with Crippen LogP contribution >= 0.6 is 0 Å². The number of benzene rings is 6. The molecule has 0 spiro atoms.